The highest BCUT2D eigenvalue weighted by molar-refractivity contribution is 7.99. The van der Waals surface area contributed by atoms with Crippen molar-refractivity contribution in [3.63, 3.8) is 0 Å². The molecule has 2 heterocycles. The average Bonchev–Trinajstić information content (AvgIpc) is 3.47. The predicted molar refractivity (Wildman–Crippen MR) is 112 cm³/mol. The van der Waals surface area contributed by atoms with Crippen molar-refractivity contribution in [1.29, 1.82) is 0 Å². The molecule has 1 aliphatic carbocycles. The van der Waals surface area contributed by atoms with Crippen molar-refractivity contribution in [2.75, 3.05) is 16.4 Å². The molecule has 0 spiro atoms. The van der Waals surface area contributed by atoms with Crippen LogP contribution < -0.4 is 10.6 Å². The number of nitrogens with zero attached hydrogens (tertiary/aromatic N) is 4. The van der Waals surface area contributed by atoms with Crippen molar-refractivity contribution in [2.24, 2.45) is 0 Å². The van der Waals surface area contributed by atoms with E-state index in [4.69, 9.17) is 0 Å². The molecule has 0 atom stereocenters. The minimum Gasteiger partial charge on any atom is -0.326 e. The third-order valence-electron chi connectivity index (χ3n) is 4.34. The van der Waals surface area contributed by atoms with Gasteiger partial charge in [0.05, 0.1) is 5.75 Å². The zero-order chi connectivity index (χ0) is 20.2. The lowest BCUT2D eigenvalue weighted by molar-refractivity contribution is -0.114. The summed E-state index contributed by atoms with van der Waals surface area (Å²) in [4.78, 5) is 27.5. The quantitative estimate of drug-likeness (QED) is 0.581. The van der Waals surface area contributed by atoms with E-state index in [9.17, 15) is 9.59 Å². The summed E-state index contributed by atoms with van der Waals surface area (Å²) in [6.07, 6.45) is 5.66. The van der Waals surface area contributed by atoms with Gasteiger partial charge in [0, 0.05) is 42.3 Å². The van der Waals surface area contributed by atoms with Gasteiger partial charge in [-0.2, -0.15) is 0 Å². The van der Waals surface area contributed by atoms with Crippen LogP contribution in [0.2, 0.25) is 0 Å². The van der Waals surface area contributed by atoms with Crippen molar-refractivity contribution in [3.8, 4) is 11.4 Å². The Labute approximate surface area is 172 Å². The molecule has 0 saturated heterocycles. The summed E-state index contributed by atoms with van der Waals surface area (Å²) >= 11 is 1.37. The number of amides is 2. The van der Waals surface area contributed by atoms with Crippen LogP contribution in [0.25, 0.3) is 11.4 Å². The second-order valence-electron chi connectivity index (χ2n) is 6.74. The summed E-state index contributed by atoms with van der Waals surface area (Å²) in [5.74, 6) is 0.780. The number of aromatic nitrogens is 4. The number of hydrogen-bond donors (Lipinski definition) is 2. The average molecular weight is 408 g/mol. The highest BCUT2D eigenvalue weighted by Gasteiger charge is 2.30. The molecule has 2 amide bonds. The molecule has 8 nitrogen and oxygen atoms in total. The van der Waals surface area contributed by atoms with Gasteiger partial charge in [0.2, 0.25) is 11.8 Å². The molecule has 1 aromatic carbocycles. The molecule has 0 unspecified atom stereocenters. The van der Waals surface area contributed by atoms with Crippen molar-refractivity contribution in [1.82, 2.24) is 19.7 Å². The van der Waals surface area contributed by atoms with Crippen molar-refractivity contribution in [2.45, 2.75) is 31.0 Å². The molecule has 9 heteroatoms. The predicted octanol–water partition coefficient (Wildman–Crippen LogP) is 3.36. The molecule has 3 aromatic rings. The molecule has 2 aromatic heterocycles. The van der Waals surface area contributed by atoms with Gasteiger partial charge >= 0.3 is 0 Å². The summed E-state index contributed by atoms with van der Waals surface area (Å²) < 4.78 is 2.12. The normalized spacial score (nSPS) is 13.1. The first kappa shape index (κ1) is 19.1. The molecular weight excluding hydrogens is 388 g/mol. The smallest absolute Gasteiger partial charge is 0.234 e. The number of pyridine rings is 1. The van der Waals surface area contributed by atoms with Crippen LogP contribution in [-0.4, -0.2) is 37.3 Å². The Balaban J connectivity index is 1.39. The van der Waals surface area contributed by atoms with E-state index in [0.717, 1.165) is 29.4 Å². The zero-order valence-electron chi connectivity index (χ0n) is 15.8. The van der Waals surface area contributed by atoms with Gasteiger partial charge in [0.15, 0.2) is 11.0 Å². The first-order chi connectivity index (χ1) is 14.1. The third-order valence-corrected chi connectivity index (χ3v) is 5.28. The van der Waals surface area contributed by atoms with Crippen molar-refractivity contribution >= 4 is 35.0 Å². The van der Waals surface area contributed by atoms with Crippen LogP contribution in [0, 0.1) is 0 Å². The lowest BCUT2D eigenvalue weighted by atomic mass is 10.2. The Bertz CT molecular complexity index is 1020. The highest BCUT2D eigenvalue weighted by atomic mass is 32.2. The maximum absolute atomic E-state index is 12.4. The number of anilines is 2. The number of carbonyl (C=O) groups is 2. The molecular formula is C20H20N6O2S. The van der Waals surface area contributed by atoms with Crippen LogP contribution >= 0.6 is 11.8 Å². The van der Waals surface area contributed by atoms with E-state index in [0.29, 0.717) is 17.4 Å². The number of nitrogens with one attached hydrogen (secondary N) is 2. The van der Waals surface area contributed by atoms with E-state index in [1.807, 2.05) is 12.1 Å². The van der Waals surface area contributed by atoms with Crippen molar-refractivity contribution in [3.05, 3.63) is 48.8 Å². The zero-order valence-corrected chi connectivity index (χ0v) is 16.6. The van der Waals surface area contributed by atoms with E-state index in [1.165, 1.54) is 18.7 Å². The van der Waals surface area contributed by atoms with Gasteiger partial charge in [0.25, 0.3) is 0 Å². The maximum atomic E-state index is 12.4. The molecule has 0 aliphatic heterocycles. The number of carbonyl (C=O) groups excluding carboxylic acids is 2. The lowest BCUT2D eigenvalue weighted by Gasteiger charge is -2.09. The van der Waals surface area contributed by atoms with Crippen molar-refractivity contribution < 1.29 is 9.59 Å². The van der Waals surface area contributed by atoms with Crippen LogP contribution in [0.4, 0.5) is 11.4 Å². The molecule has 4 rings (SSSR count). The molecule has 148 valence electrons. The third kappa shape index (κ3) is 4.80. The van der Waals surface area contributed by atoms with E-state index < -0.39 is 0 Å². The number of thioether (sulfide) groups is 1. The van der Waals surface area contributed by atoms with Crippen LogP contribution in [0.15, 0.2) is 53.9 Å². The fourth-order valence-corrected chi connectivity index (χ4v) is 3.71. The standard InChI is InChI=1S/C20H20N6O2S/c1-13(27)22-15-2-4-16(5-3-15)23-18(28)12-29-20-25-24-19(26(20)17-6-7-17)14-8-10-21-11-9-14/h2-5,8-11,17H,6-7,12H2,1H3,(H,22,27)(H,23,28). The Morgan fingerprint density at radius 1 is 1.03 bits per heavy atom. The first-order valence-corrected chi connectivity index (χ1v) is 10.2. The van der Waals surface area contributed by atoms with Gasteiger partial charge in [-0.05, 0) is 49.2 Å². The van der Waals surface area contributed by atoms with Gasteiger partial charge in [-0.15, -0.1) is 10.2 Å². The Kier molecular flexibility index (Phi) is 5.57. The highest BCUT2D eigenvalue weighted by Crippen LogP contribution is 2.40. The van der Waals surface area contributed by atoms with Crippen LogP contribution in [0.3, 0.4) is 0 Å². The molecule has 1 saturated carbocycles. The first-order valence-electron chi connectivity index (χ1n) is 9.26. The van der Waals surface area contributed by atoms with Crippen LogP contribution in [-0.2, 0) is 9.59 Å². The summed E-state index contributed by atoms with van der Waals surface area (Å²) in [7, 11) is 0. The molecule has 1 fully saturated rings. The number of rotatable bonds is 7. The SMILES string of the molecule is CC(=O)Nc1ccc(NC(=O)CSc2nnc(-c3ccncc3)n2C2CC2)cc1. The minimum absolute atomic E-state index is 0.127. The van der Waals surface area contributed by atoms with E-state index in [-0.39, 0.29) is 17.6 Å². The van der Waals surface area contributed by atoms with Gasteiger partial charge in [-0.25, -0.2) is 0 Å². The molecule has 2 N–H and O–H groups in total. The Morgan fingerprint density at radius 2 is 1.69 bits per heavy atom. The summed E-state index contributed by atoms with van der Waals surface area (Å²) in [6, 6.07) is 11.2. The van der Waals surface area contributed by atoms with Gasteiger partial charge in [-0.1, -0.05) is 11.8 Å². The van der Waals surface area contributed by atoms with Crippen LogP contribution in [0.5, 0.6) is 0 Å². The van der Waals surface area contributed by atoms with E-state index in [2.05, 4.69) is 30.4 Å². The van der Waals surface area contributed by atoms with Gasteiger partial charge < -0.3 is 10.6 Å². The second-order valence-corrected chi connectivity index (χ2v) is 7.68. The largest absolute Gasteiger partial charge is 0.326 e. The van der Waals surface area contributed by atoms with E-state index >= 15 is 0 Å². The monoisotopic (exact) mass is 408 g/mol. The number of hydrogen-bond acceptors (Lipinski definition) is 6. The molecule has 29 heavy (non-hydrogen) atoms. The van der Waals surface area contributed by atoms with Gasteiger partial charge in [0.1, 0.15) is 0 Å². The number of benzene rings is 1. The fourth-order valence-electron chi connectivity index (χ4n) is 2.90. The molecule has 0 radical (unpaired) electrons. The minimum atomic E-state index is -0.135. The molecule has 0 bridgehead atoms. The van der Waals surface area contributed by atoms with E-state index in [1.54, 1.807) is 36.7 Å². The summed E-state index contributed by atoms with van der Waals surface area (Å²) in [5, 5.41) is 14.9. The fraction of sp³-hybridized carbons (Fsp3) is 0.250. The summed E-state index contributed by atoms with van der Waals surface area (Å²) in [5.41, 5.74) is 2.33. The summed E-state index contributed by atoms with van der Waals surface area (Å²) in [6.45, 7) is 1.45. The second kappa shape index (κ2) is 8.44. The lowest BCUT2D eigenvalue weighted by Crippen LogP contribution is -2.14. The van der Waals surface area contributed by atoms with Gasteiger partial charge in [-0.3, -0.25) is 19.1 Å². The Morgan fingerprint density at radius 3 is 2.31 bits per heavy atom. The van der Waals surface area contributed by atoms with Crippen LogP contribution in [0.1, 0.15) is 25.8 Å². The maximum Gasteiger partial charge on any atom is 0.234 e. The Hall–Kier alpha value is -3.20. The molecule has 1 aliphatic rings. The topological polar surface area (TPSA) is 102 Å².